The fourth-order valence-electron chi connectivity index (χ4n) is 0.682. The van der Waals surface area contributed by atoms with Crippen LogP contribution in [0.1, 0.15) is 6.92 Å². The number of aliphatic imine (C=N–C) groups is 1. The van der Waals surface area contributed by atoms with Crippen molar-refractivity contribution in [3.63, 3.8) is 0 Å². The van der Waals surface area contributed by atoms with Crippen LogP contribution < -0.4 is 0 Å². The highest BCUT2D eigenvalue weighted by molar-refractivity contribution is 5.76. The normalized spacial score (nSPS) is 17.9. The van der Waals surface area contributed by atoms with Gasteiger partial charge in [0, 0.05) is 6.21 Å². The lowest BCUT2D eigenvalue weighted by Crippen LogP contribution is -1.74. The van der Waals surface area contributed by atoms with Gasteiger partial charge >= 0.3 is 0 Å². The van der Waals surface area contributed by atoms with E-state index < -0.39 is 0 Å². The molecule has 1 heteroatoms. The number of hydrogen-bond acceptors (Lipinski definition) is 1. The number of hydrogen-bond donors (Lipinski definition) is 0. The molecule has 0 radical (unpaired) electrons. The highest BCUT2D eigenvalue weighted by atomic mass is 14.7. The van der Waals surface area contributed by atoms with Crippen LogP contribution in [0.3, 0.4) is 0 Å². The van der Waals surface area contributed by atoms with Crippen molar-refractivity contribution in [2.75, 3.05) is 6.54 Å². The molecule has 42 valence electrons. The van der Waals surface area contributed by atoms with Gasteiger partial charge in [-0.2, -0.15) is 0 Å². The van der Waals surface area contributed by atoms with E-state index in [9.17, 15) is 0 Å². The van der Waals surface area contributed by atoms with Crippen LogP contribution in [0.5, 0.6) is 0 Å². The largest absolute Gasteiger partial charge is 0.288 e. The molecule has 1 nitrogen and oxygen atoms in total. The van der Waals surface area contributed by atoms with Crippen LogP contribution in [0, 0.1) is 0 Å². The first kappa shape index (κ1) is 5.29. The van der Waals surface area contributed by atoms with Crippen molar-refractivity contribution in [3.8, 4) is 0 Å². The standard InChI is InChI=1S/C7H9N/c1-2-3-7-4-5-8-6-7/h2-5H,6H2,1H3. The zero-order valence-corrected chi connectivity index (χ0v) is 4.96. The lowest BCUT2D eigenvalue weighted by Gasteiger charge is -1.84. The molecule has 0 atom stereocenters. The van der Waals surface area contributed by atoms with E-state index >= 15 is 0 Å². The van der Waals surface area contributed by atoms with Crippen molar-refractivity contribution < 1.29 is 0 Å². The predicted octanol–water partition coefficient (Wildman–Crippen LogP) is 1.57. The maximum absolute atomic E-state index is 4.01. The number of allylic oxidation sites excluding steroid dienone is 2. The topological polar surface area (TPSA) is 12.4 Å². The van der Waals surface area contributed by atoms with Crippen molar-refractivity contribution in [1.82, 2.24) is 0 Å². The van der Waals surface area contributed by atoms with E-state index in [1.165, 1.54) is 5.57 Å². The lowest BCUT2D eigenvalue weighted by atomic mass is 10.2. The summed E-state index contributed by atoms with van der Waals surface area (Å²) in [7, 11) is 0. The summed E-state index contributed by atoms with van der Waals surface area (Å²) in [6.45, 7) is 2.88. The molecule has 0 amide bonds. The van der Waals surface area contributed by atoms with Crippen LogP contribution in [0.25, 0.3) is 0 Å². The molecule has 0 bridgehead atoms. The van der Waals surface area contributed by atoms with E-state index in [-0.39, 0.29) is 0 Å². The number of rotatable bonds is 1. The second-order valence-electron chi connectivity index (χ2n) is 1.73. The van der Waals surface area contributed by atoms with Crippen LogP contribution in [-0.4, -0.2) is 12.8 Å². The Morgan fingerprint density at radius 1 is 1.75 bits per heavy atom. The smallest absolute Gasteiger partial charge is 0.0640 e. The van der Waals surface area contributed by atoms with Gasteiger partial charge in [-0.1, -0.05) is 12.2 Å². The first-order valence-corrected chi connectivity index (χ1v) is 2.75. The highest BCUT2D eigenvalue weighted by Crippen LogP contribution is 2.00. The van der Waals surface area contributed by atoms with Crippen LogP contribution in [-0.2, 0) is 0 Å². The summed E-state index contributed by atoms with van der Waals surface area (Å²) in [4.78, 5) is 4.01. The van der Waals surface area contributed by atoms with Gasteiger partial charge in [0.25, 0.3) is 0 Å². The van der Waals surface area contributed by atoms with E-state index in [1.54, 1.807) is 0 Å². The molecule has 1 heterocycles. The van der Waals surface area contributed by atoms with Gasteiger partial charge in [0.2, 0.25) is 0 Å². The minimum absolute atomic E-state index is 0.865. The molecule has 1 rings (SSSR count). The molecule has 0 aromatic rings. The Labute approximate surface area is 49.4 Å². The molecule has 0 aromatic carbocycles. The number of nitrogens with zero attached hydrogens (tertiary/aromatic N) is 1. The third-order valence-corrected chi connectivity index (χ3v) is 1.05. The molecule has 8 heavy (non-hydrogen) atoms. The van der Waals surface area contributed by atoms with E-state index in [4.69, 9.17) is 0 Å². The molecule has 1 aliphatic rings. The molecular weight excluding hydrogens is 98.1 g/mol. The summed E-state index contributed by atoms with van der Waals surface area (Å²) in [6, 6.07) is 0. The molecule has 0 aromatic heterocycles. The van der Waals surface area contributed by atoms with E-state index in [2.05, 4.69) is 11.1 Å². The van der Waals surface area contributed by atoms with Crippen LogP contribution >= 0.6 is 0 Å². The molecule has 0 aliphatic carbocycles. The maximum Gasteiger partial charge on any atom is 0.0640 e. The average Bonchev–Trinajstić information content (AvgIpc) is 2.19. The second-order valence-corrected chi connectivity index (χ2v) is 1.73. The van der Waals surface area contributed by atoms with Crippen LogP contribution in [0.2, 0.25) is 0 Å². The fourth-order valence-corrected chi connectivity index (χ4v) is 0.682. The van der Waals surface area contributed by atoms with Gasteiger partial charge in [-0.3, -0.25) is 4.99 Å². The summed E-state index contributed by atoms with van der Waals surface area (Å²) in [5.41, 5.74) is 1.30. The third-order valence-electron chi connectivity index (χ3n) is 1.05. The first-order valence-electron chi connectivity index (χ1n) is 2.75. The SMILES string of the molecule is CC=CC1=CC=NC1. The summed E-state index contributed by atoms with van der Waals surface area (Å²) < 4.78 is 0. The molecule has 1 aliphatic heterocycles. The van der Waals surface area contributed by atoms with Gasteiger partial charge in [-0.25, -0.2) is 0 Å². The van der Waals surface area contributed by atoms with Crippen molar-refractivity contribution in [3.05, 3.63) is 23.8 Å². The summed E-state index contributed by atoms with van der Waals surface area (Å²) >= 11 is 0. The summed E-state index contributed by atoms with van der Waals surface area (Å²) in [5.74, 6) is 0. The molecule has 0 spiro atoms. The average molecular weight is 107 g/mol. The molecule has 0 fully saturated rings. The first-order chi connectivity index (χ1) is 3.93. The minimum Gasteiger partial charge on any atom is -0.288 e. The van der Waals surface area contributed by atoms with Crippen molar-refractivity contribution in [2.45, 2.75) is 6.92 Å². The van der Waals surface area contributed by atoms with Gasteiger partial charge in [0.05, 0.1) is 6.54 Å². The minimum atomic E-state index is 0.865. The molecule has 0 unspecified atom stereocenters. The van der Waals surface area contributed by atoms with Crippen molar-refractivity contribution in [2.24, 2.45) is 4.99 Å². The Balaban J connectivity index is 2.51. The summed E-state index contributed by atoms with van der Waals surface area (Å²) in [5, 5.41) is 0. The van der Waals surface area contributed by atoms with Crippen LogP contribution in [0.4, 0.5) is 0 Å². The van der Waals surface area contributed by atoms with E-state index in [0.29, 0.717) is 0 Å². The Kier molecular flexibility index (Phi) is 1.62. The third kappa shape index (κ3) is 1.06. The van der Waals surface area contributed by atoms with E-state index in [0.717, 1.165) is 6.54 Å². The van der Waals surface area contributed by atoms with Crippen molar-refractivity contribution in [1.29, 1.82) is 0 Å². The molecule has 0 saturated heterocycles. The van der Waals surface area contributed by atoms with Crippen LogP contribution in [0.15, 0.2) is 28.8 Å². The predicted molar refractivity (Wildman–Crippen MR) is 36.3 cm³/mol. The monoisotopic (exact) mass is 107 g/mol. The maximum atomic E-state index is 4.01. The molecule has 0 saturated carbocycles. The Morgan fingerprint density at radius 2 is 2.62 bits per heavy atom. The Hall–Kier alpha value is -0.850. The highest BCUT2D eigenvalue weighted by Gasteiger charge is 1.91. The zero-order valence-electron chi connectivity index (χ0n) is 4.96. The van der Waals surface area contributed by atoms with Gasteiger partial charge in [-0.15, -0.1) is 0 Å². The molecular formula is C7H9N. The second kappa shape index (κ2) is 2.46. The Morgan fingerprint density at radius 3 is 3.12 bits per heavy atom. The van der Waals surface area contributed by atoms with Gasteiger partial charge < -0.3 is 0 Å². The van der Waals surface area contributed by atoms with Gasteiger partial charge in [0.1, 0.15) is 0 Å². The lowest BCUT2D eigenvalue weighted by molar-refractivity contribution is 1.23. The zero-order chi connectivity index (χ0) is 5.82. The van der Waals surface area contributed by atoms with Gasteiger partial charge in [-0.05, 0) is 18.6 Å². The fraction of sp³-hybridized carbons (Fsp3) is 0.286. The quantitative estimate of drug-likeness (QED) is 0.482. The Bertz CT molecular complexity index is 152. The molecule has 0 N–H and O–H groups in total. The summed E-state index contributed by atoms with van der Waals surface area (Å²) in [6.07, 6.45) is 7.98. The van der Waals surface area contributed by atoms with Crippen molar-refractivity contribution >= 4 is 6.21 Å². The van der Waals surface area contributed by atoms with Gasteiger partial charge in [0.15, 0.2) is 0 Å². The van der Waals surface area contributed by atoms with E-state index in [1.807, 2.05) is 25.3 Å².